The number of aromatic nitrogens is 2. The molecule has 0 saturated carbocycles. The molecule has 5 heteroatoms. The second-order valence-electron chi connectivity index (χ2n) is 4.29. The smallest absolute Gasteiger partial charge is 0.266 e. The minimum absolute atomic E-state index is 0.102. The minimum Gasteiger partial charge on any atom is -0.306 e. The molecule has 1 amide bonds. The lowest BCUT2D eigenvalue weighted by atomic mass is 10.2. The summed E-state index contributed by atoms with van der Waals surface area (Å²) in [5.41, 5.74) is 1.14. The van der Waals surface area contributed by atoms with E-state index in [0.29, 0.717) is 17.2 Å². The number of thiophene rings is 1. The Hall–Kier alpha value is -2.40. The molecule has 0 atom stereocenters. The van der Waals surface area contributed by atoms with Gasteiger partial charge in [-0.3, -0.25) is 4.79 Å². The first-order chi connectivity index (χ1) is 9.83. The highest BCUT2D eigenvalue weighted by Crippen LogP contribution is 2.14. The number of anilines is 1. The topological polar surface area (TPSA) is 46.9 Å². The second kappa shape index (κ2) is 5.71. The van der Waals surface area contributed by atoms with E-state index >= 15 is 0 Å². The minimum atomic E-state index is -0.102. The standard InChI is InChI=1S/C15H13N3OS/c19-15(13-7-4-10-20-13)17-14-8-9-16-18(14)11-12-5-2-1-3-6-12/h1-10H,11H2,(H,17,19). The molecule has 100 valence electrons. The van der Waals surface area contributed by atoms with Crippen molar-refractivity contribution >= 4 is 23.1 Å². The molecular formula is C15H13N3OS. The van der Waals surface area contributed by atoms with Crippen LogP contribution in [-0.2, 0) is 6.54 Å². The molecule has 1 N–H and O–H groups in total. The fourth-order valence-corrected chi connectivity index (χ4v) is 2.53. The van der Waals surface area contributed by atoms with Gasteiger partial charge in [0.05, 0.1) is 17.6 Å². The van der Waals surface area contributed by atoms with Crippen LogP contribution in [0.2, 0.25) is 0 Å². The van der Waals surface area contributed by atoms with Gasteiger partial charge in [0, 0.05) is 6.07 Å². The van der Waals surface area contributed by atoms with E-state index in [1.54, 1.807) is 23.0 Å². The second-order valence-corrected chi connectivity index (χ2v) is 5.24. The van der Waals surface area contributed by atoms with Crippen molar-refractivity contribution in [2.24, 2.45) is 0 Å². The molecule has 0 aliphatic rings. The lowest BCUT2D eigenvalue weighted by Gasteiger charge is -2.08. The van der Waals surface area contributed by atoms with Crippen LogP contribution >= 0.6 is 11.3 Å². The van der Waals surface area contributed by atoms with Gasteiger partial charge in [0.1, 0.15) is 5.82 Å². The Labute approximate surface area is 120 Å². The molecule has 2 aromatic heterocycles. The zero-order valence-corrected chi connectivity index (χ0v) is 11.5. The number of benzene rings is 1. The summed E-state index contributed by atoms with van der Waals surface area (Å²) < 4.78 is 1.78. The van der Waals surface area contributed by atoms with Gasteiger partial charge in [-0.1, -0.05) is 36.4 Å². The van der Waals surface area contributed by atoms with E-state index < -0.39 is 0 Å². The van der Waals surface area contributed by atoms with Crippen LogP contribution in [0.25, 0.3) is 0 Å². The van der Waals surface area contributed by atoms with Crippen molar-refractivity contribution in [2.45, 2.75) is 6.54 Å². The van der Waals surface area contributed by atoms with E-state index in [9.17, 15) is 4.79 Å². The molecule has 0 bridgehead atoms. The monoisotopic (exact) mass is 283 g/mol. The van der Waals surface area contributed by atoms with Crippen molar-refractivity contribution in [3.8, 4) is 0 Å². The molecule has 4 nitrogen and oxygen atoms in total. The summed E-state index contributed by atoms with van der Waals surface area (Å²) in [6.07, 6.45) is 1.69. The molecule has 0 fully saturated rings. The number of carbonyl (C=O) groups is 1. The first-order valence-corrected chi connectivity index (χ1v) is 7.11. The van der Waals surface area contributed by atoms with Crippen LogP contribution in [0.3, 0.4) is 0 Å². The zero-order chi connectivity index (χ0) is 13.8. The van der Waals surface area contributed by atoms with Crippen molar-refractivity contribution in [1.82, 2.24) is 9.78 Å². The molecular weight excluding hydrogens is 270 g/mol. The summed E-state index contributed by atoms with van der Waals surface area (Å²) in [4.78, 5) is 12.7. The van der Waals surface area contributed by atoms with Crippen LogP contribution in [0.1, 0.15) is 15.2 Å². The number of nitrogens with one attached hydrogen (secondary N) is 1. The van der Waals surface area contributed by atoms with Crippen molar-refractivity contribution in [3.63, 3.8) is 0 Å². The number of carbonyl (C=O) groups excluding carboxylic acids is 1. The van der Waals surface area contributed by atoms with Crippen LogP contribution in [0.15, 0.2) is 60.1 Å². The van der Waals surface area contributed by atoms with Crippen LogP contribution < -0.4 is 5.32 Å². The molecule has 1 aromatic carbocycles. The highest BCUT2D eigenvalue weighted by molar-refractivity contribution is 7.12. The number of nitrogens with zero attached hydrogens (tertiary/aromatic N) is 2. The van der Waals surface area contributed by atoms with E-state index in [4.69, 9.17) is 0 Å². The fraction of sp³-hybridized carbons (Fsp3) is 0.0667. The van der Waals surface area contributed by atoms with Gasteiger partial charge in [0.15, 0.2) is 0 Å². The van der Waals surface area contributed by atoms with E-state index in [1.807, 2.05) is 41.8 Å². The molecule has 0 radical (unpaired) electrons. The summed E-state index contributed by atoms with van der Waals surface area (Å²) in [7, 11) is 0. The first kappa shape index (κ1) is 12.6. The van der Waals surface area contributed by atoms with Gasteiger partial charge in [-0.2, -0.15) is 5.10 Å². The van der Waals surface area contributed by atoms with Crippen LogP contribution in [0.4, 0.5) is 5.82 Å². The lowest BCUT2D eigenvalue weighted by Crippen LogP contribution is -2.15. The third kappa shape index (κ3) is 2.78. The van der Waals surface area contributed by atoms with Gasteiger partial charge in [0.2, 0.25) is 0 Å². The van der Waals surface area contributed by atoms with Crippen molar-refractivity contribution in [3.05, 3.63) is 70.5 Å². The molecule has 2 heterocycles. The van der Waals surface area contributed by atoms with Crippen molar-refractivity contribution in [1.29, 1.82) is 0 Å². The average Bonchev–Trinajstić information content (AvgIpc) is 3.12. The number of rotatable bonds is 4. The van der Waals surface area contributed by atoms with Crippen LogP contribution in [0.5, 0.6) is 0 Å². The normalized spacial score (nSPS) is 10.4. The number of hydrogen-bond donors (Lipinski definition) is 1. The van der Waals surface area contributed by atoms with Gasteiger partial charge < -0.3 is 5.32 Å². The van der Waals surface area contributed by atoms with Crippen molar-refractivity contribution in [2.75, 3.05) is 5.32 Å². The Morgan fingerprint density at radius 2 is 2.00 bits per heavy atom. The van der Waals surface area contributed by atoms with Crippen molar-refractivity contribution < 1.29 is 4.79 Å². The summed E-state index contributed by atoms with van der Waals surface area (Å²) in [5.74, 6) is 0.599. The van der Waals surface area contributed by atoms with E-state index in [0.717, 1.165) is 5.56 Å². The molecule has 3 rings (SSSR count). The molecule has 0 unspecified atom stereocenters. The van der Waals surface area contributed by atoms with Gasteiger partial charge in [-0.15, -0.1) is 11.3 Å². The highest BCUT2D eigenvalue weighted by Gasteiger charge is 2.10. The predicted molar refractivity (Wildman–Crippen MR) is 80.0 cm³/mol. The van der Waals surface area contributed by atoms with Crippen LogP contribution in [-0.4, -0.2) is 15.7 Å². The largest absolute Gasteiger partial charge is 0.306 e. The van der Waals surface area contributed by atoms with E-state index in [2.05, 4.69) is 10.4 Å². The zero-order valence-electron chi connectivity index (χ0n) is 10.7. The summed E-state index contributed by atoms with van der Waals surface area (Å²) in [5, 5.41) is 9.02. The summed E-state index contributed by atoms with van der Waals surface area (Å²) in [6.45, 7) is 0.633. The quantitative estimate of drug-likeness (QED) is 0.799. The van der Waals surface area contributed by atoms with E-state index in [1.165, 1.54) is 11.3 Å². The summed E-state index contributed by atoms with van der Waals surface area (Å²) in [6, 6.07) is 15.5. The first-order valence-electron chi connectivity index (χ1n) is 6.23. The van der Waals surface area contributed by atoms with Crippen LogP contribution in [0, 0.1) is 0 Å². The Balaban J connectivity index is 1.75. The number of amides is 1. The fourth-order valence-electron chi connectivity index (χ4n) is 1.91. The average molecular weight is 283 g/mol. The maximum atomic E-state index is 12.0. The van der Waals surface area contributed by atoms with Gasteiger partial charge in [-0.05, 0) is 17.0 Å². The molecule has 3 aromatic rings. The third-order valence-electron chi connectivity index (χ3n) is 2.88. The molecule has 0 aliphatic heterocycles. The highest BCUT2D eigenvalue weighted by atomic mass is 32.1. The van der Waals surface area contributed by atoms with Gasteiger partial charge in [0.25, 0.3) is 5.91 Å². The molecule has 20 heavy (non-hydrogen) atoms. The van der Waals surface area contributed by atoms with Gasteiger partial charge in [-0.25, -0.2) is 4.68 Å². The molecule has 0 spiro atoms. The third-order valence-corrected chi connectivity index (χ3v) is 3.75. The maximum Gasteiger partial charge on any atom is 0.266 e. The Bertz CT molecular complexity index is 689. The Morgan fingerprint density at radius 3 is 2.75 bits per heavy atom. The predicted octanol–water partition coefficient (Wildman–Crippen LogP) is 3.25. The SMILES string of the molecule is O=C(Nc1ccnn1Cc1ccccc1)c1cccs1. The Kier molecular flexibility index (Phi) is 3.60. The van der Waals surface area contributed by atoms with E-state index in [-0.39, 0.29) is 5.91 Å². The number of hydrogen-bond acceptors (Lipinski definition) is 3. The lowest BCUT2D eigenvalue weighted by molar-refractivity contribution is 0.102. The maximum absolute atomic E-state index is 12.0. The Morgan fingerprint density at radius 1 is 1.15 bits per heavy atom. The molecule has 0 saturated heterocycles. The summed E-state index contributed by atoms with van der Waals surface area (Å²) >= 11 is 1.42. The molecule has 0 aliphatic carbocycles. The van der Waals surface area contributed by atoms with Gasteiger partial charge >= 0.3 is 0 Å².